The van der Waals surface area contributed by atoms with Gasteiger partial charge >= 0.3 is 0 Å². The van der Waals surface area contributed by atoms with Crippen molar-refractivity contribution in [3.63, 3.8) is 0 Å². The van der Waals surface area contributed by atoms with Gasteiger partial charge in [0.15, 0.2) is 0 Å². The molecule has 2 aromatic rings. The van der Waals surface area contributed by atoms with Gasteiger partial charge in [-0.05, 0) is 57.5 Å². The highest BCUT2D eigenvalue weighted by atomic mass is 79.9. The van der Waals surface area contributed by atoms with Crippen molar-refractivity contribution in [1.29, 1.82) is 0 Å². The summed E-state index contributed by atoms with van der Waals surface area (Å²) in [6.07, 6.45) is 2.10. The Bertz CT molecular complexity index is 514. The number of nitrogens with zero attached hydrogens (tertiary/aromatic N) is 1. The molecular weight excluding hydrogens is 276 g/mol. The van der Waals surface area contributed by atoms with E-state index in [4.69, 9.17) is 5.73 Å². The van der Waals surface area contributed by atoms with Gasteiger partial charge in [-0.1, -0.05) is 15.9 Å². The third kappa shape index (κ3) is 2.55. The molecule has 0 fully saturated rings. The highest BCUT2D eigenvalue weighted by Crippen LogP contribution is 2.27. The minimum Gasteiger partial charge on any atom is -0.342 e. The van der Waals surface area contributed by atoms with Crippen molar-refractivity contribution < 1.29 is 0 Å². The first-order valence-corrected chi connectivity index (χ1v) is 6.92. The largest absolute Gasteiger partial charge is 0.342 e. The Kier molecular flexibility index (Phi) is 3.89. The smallest absolute Gasteiger partial charge is 0.0485 e. The molecule has 0 aliphatic heterocycles. The second-order valence-corrected chi connectivity index (χ2v) is 5.61. The molecule has 3 heteroatoms. The van der Waals surface area contributed by atoms with Crippen molar-refractivity contribution in [1.82, 2.24) is 4.57 Å². The summed E-state index contributed by atoms with van der Waals surface area (Å²) in [5.41, 5.74) is 8.31. The van der Waals surface area contributed by atoms with E-state index < -0.39 is 0 Å². The zero-order valence-electron chi connectivity index (χ0n) is 10.4. The first kappa shape index (κ1) is 12.7. The van der Waals surface area contributed by atoms with Gasteiger partial charge in [-0.15, -0.1) is 0 Å². The van der Waals surface area contributed by atoms with Crippen LogP contribution in [0.25, 0.3) is 10.9 Å². The Balaban J connectivity index is 2.53. The maximum Gasteiger partial charge on any atom is 0.0485 e. The number of rotatable bonds is 4. The maximum atomic E-state index is 5.60. The number of aryl methyl sites for hydroxylation is 1. The summed E-state index contributed by atoms with van der Waals surface area (Å²) in [5, 5.41) is 1.31. The van der Waals surface area contributed by atoms with E-state index in [9.17, 15) is 0 Å². The Morgan fingerprint density at radius 3 is 2.71 bits per heavy atom. The lowest BCUT2D eigenvalue weighted by molar-refractivity contribution is 0.587. The van der Waals surface area contributed by atoms with E-state index in [1.165, 1.54) is 16.6 Å². The van der Waals surface area contributed by atoms with E-state index in [1.807, 2.05) is 0 Å². The van der Waals surface area contributed by atoms with Crippen LogP contribution in [0.4, 0.5) is 0 Å². The highest BCUT2D eigenvalue weighted by Gasteiger charge is 2.11. The fraction of sp³-hybridized carbons (Fsp3) is 0.429. The normalized spacial score (nSPS) is 11.6. The minimum absolute atomic E-state index is 0.487. The van der Waals surface area contributed by atoms with Gasteiger partial charge in [0.05, 0.1) is 0 Å². The van der Waals surface area contributed by atoms with Crippen LogP contribution in [0.2, 0.25) is 0 Å². The predicted octanol–water partition coefficient (Wildman–Crippen LogP) is 3.88. The fourth-order valence-corrected chi connectivity index (χ4v) is 2.73. The monoisotopic (exact) mass is 294 g/mol. The van der Waals surface area contributed by atoms with E-state index in [2.05, 4.69) is 58.6 Å². The van der Waals surface area contributed by atoms with Gasteiger partial charge in [0.1, 0.15) is 0 Å². The molecule has 17 heavy (non-hydrogen) atoms. The van der Waals surface area contributed by atoms with Crippen molar-refractivity contribution in [2.75, 3.05) is 6.54 Å². The molecule has 0 saturated heterocycles. The van der Waals surface area contributed by atoms with Crippen LogP contribution < -0.4 is 5.73 Å². The van der Waals surface area contributed by atoms with E-state index in [0.717, 1.165) is 23.9 Å². The lowest BCUT2D eigenvalue weighted by Crippen LogP contribution is -2.07. The Morgan fingerprint density at radius 2 is 2.06 bits per heavy atom. The molecule has 0 aliphatic rings. The van der Waals surface area contributed by atoms with E-state index in [0.29, 0.717) is 6.04 Å². The first-order chi connectivity index (χ1) is 8.13. The minimum atomic E-state index is 0.487. The number of hydrogen-bond acceptors (Lipinski definition) is 1. The molecule has 2 rings (SSSR count). The predicted molar refractivity (Wildman–Crippen MR) is 77.4 cm³/mol. The van der Waals surface area contributed by atoms with Gasteiger partial charge in [0, 0.05) is 27.1 Å². The molecule has 1 aromatic heterocycles. The highest BCUT2D eigenvalue weighted by molar-refractivity contribution is 9.10. The van der Waals surface area contributed by atoms with Crippen molar-refractivity contribution in [3.8, 4) is 0 Å². The molecule has 0 unspecified atom stereocenters. The molecule has 0 amide bonds. The Labute approximate surface area is 111 Å². The summed E-state index contributed by atoms with van der Waals surface area (Å²) in [4.78, 5) is 0. The second-order valence-electron chi connectivity index (χ2n) is 4.69. The number of aromatic nitrogens is 1. The SMILES string of the molecule is CC(C)n1c(CCCN)cc2cc(Br)ccc21. The third-order valence-corrected chi connectivity index (χ3v) is 3.53. The van der Waals surface area contributed by atoms with Crippen LogP contribution in [0.5, 0.6) is 0 Å². The van der Waals surface area contributed by atoms with Crippen molar-refractivity contribution in [3.05, 3.63) is 34.4 Å². The average Bonchev–Trinajstić information content (AvgIpc) is 2.63. The summed E-state index contributed by atoms with van der Waals surface area (Å²) in [6, 6.07) is 9.25. The number of nitrogens with two attached hydrogens (primary N) is 1. The number of benzene rings is 1. The average molecular weight is 295 g/mol. The summed E-state index contributed by atoms with van der Waals surface area (Å²) >= 11 is 3.53. The van der Waals surface area contributed by atoms with Crippen LogP contribution in [0.15, 0.2) is 28.7 Å². The van der Waals surface area contributed by atoms with Crippen molar-refractivity contribution >= 4 is 26.8 Å². The van der Waals surface area contributed by atoms with Crippen LogP contribution in [0, 0.1) is 0 Å². The van der Waals surface area contributed by atoms with Gasteiger partial charge in [-0.2, -0.15) is 0 Å². The molecule has 0 bridgehead atoms. The number of hydrogen-bond donors (Lipinski definition) is 1. The summed E-state index contributed by atoms with van der Waals surface area (Å²) in [6.45, 7) is 5.21. The van der Waals surface area contributed by atoms with Gasteiger partial charge in [-0.25, -0.2) is 0 Å². The van der Waals surface area contributed by atoms with Gasteiger partial charge < -0.3 is 10.3 Å². The lowest BCUT2D eigenvalue weighted by atomic mass is 10.2. The molecule has 2 N–H and O–H groups in total. The Morgan fingerprint density at radius 1 is 1.29 bits per heavy atom. The van der Waals surface area contributed by atoms with Gasteiger partial charge in [-0.3, -0.25) is 0 Å². The lowest BCUT2D eigenvalue weighted by Gasteiger charge is -2.14. The van der Waals surface area contributed by atoms with Crippen LogP contribution in [0.1, 0.15) is 32.0 Å². The number of halogens is 1. The second kappa shape index (κ2) is 5.23. The Hall–Kier alpha value is -0.800. The third-order valence-electron chi connectivity index (χ3n) is 3.03. The van der Waals surface area contributed by atoms with Crippen molar-refractivity contribution in [2.45, 2.75) is 32.7 Å². The first-order valence-electron chi connectivity index (χ1n) is 6.13. The number of fused-ring (bicyclic) bond motifs is 1. The van der Waals surface area contributed by atoms with Crippen LogP contribution in [-0.2, 0) is 6.42 Å². The van der Waals surface area contributed by atoms with E-state index >= 15 is 0 Å². The molecule has 0 atom stereocenters. The molecule has 1 heterocycles. The van der Waals surface area contributed by atoms with E-state index in [1.54, 1.807) is 0 Å². The summed E-state index contributed by atoms with van der Waals surface area (Å²) in [7, 11) is 0. The molecular formula is C14H19BrN2. The summed E-state index contributed by atoms with van der Waals surface area (Å²) in [5.74, 6) is 0. The molecule has 0 saturated carbocycles. The zero-order valence-corrected chi connectivity index (χ0v) is 12.0. The fourth-order valence-electron chi connectivity index (χ4n) is 2.35. The van der Waals surface area contributed by atoms with Crippen LogP contribution in [-0.4, -0.2) is 11.1 Å². The van der Waals surface area contributed by atoms with E-state index in [-0.39, 0.29) is 0 Å². The van der Waals surface area contributed by atoms with Crippen molar-refractivity contribution in [2.24, 2.45) is 5.73 Å². The maximum absolute atomic E-state index is 5.60. The van der Waals surface area contributed by atoms with Crippen LogP contribution >= 0.6 is 15.9 Å². The molecule has 92 valence electrons. The van der Waals surface area contributed by atoms with Crippen LogP contribution in [0.3, 0.4) is 0 Å². The zero-order chi connectivity index (χ0) is 12.4. The summed E-state index contributed by atoms with van der Waals surface area (Å²) < 4.78 is 3.55. The topological polar surface area (TPSA) is 30.9 Å². The molecule has 0 aliphatic carbocycles. The molecule has 0 radical (unpaired) electrons. The molecule has 0 spiro atoms. The molecule has 2 nitrogen and oxygen atoms in total. The van der Waals surface area contributed by atoms with Gasteiger partial charge in [0.25, 0.3) is 0 Å². The quantitative estimate of drug-likeness (QED) is 0.912. The molecule has 1 aromatic carbocycles. The van der Waals surface area contributed by atoms with Gasteiger partial charge in [0.2, 0.25) is 0 Å². The standard InChI is InChI=1S/C14H19BrN2/c1-10(2)17-13(4-3-7-16)9-11-8-12(15)5-6-14(11)17/h5-6,8-10H,3-4,7,16H2,1-2H3.